The van der Waals surface area contributed by atoms with E-state index >= 15 is 0 Å². The Hall–Kier alpha value is -2.56. The third-order valence-corrected chi connectivity index (χ3v) is 3.32. The summed E-state index contributed by atoms with van der Waals surface area (Å²) in [5, 5.41) is 11.9. The standard InChI is InChI=1S/C15H17N5/c1-12(15-8-10-16-19(15)2)18-13-4-6-14(7-5-13)20-11-3-9-17-20/h3-12,18H,1-2H3. The van der Waals surface area contributed by atoms with Gasteiger partial charge in [0.2, 0.25) is 0 Å². The molecule has 102 valence electrons. The summed E-state index contributed by atoms with van der Waals surface area (Å²) in [4.78, 5) is 0. The highest BCUT2D eigenvalue weighted by molar-refractivity contribution is 5.49. The second-order valence-electron chi connectivity index (χ2n) is 4.74. The van der Waals surface area contributed by atoms with Gasteiger partial charge in [0.25, 0.3) is 0 Å². The molecular formula is C15H17N5. The lowest BCUT2D eigenvalue weighted by Gasteiger charge is -2.15. The van der Waals surface area contributed by atoms with Gasteiger partial charge in [-0.3, -0.25) is 4.68 Å². The molecule has 0 spiro atoms. The summed E-state index contributed by atoms with van der Waals surface area (Å²) in [6, 6.07) is 12.4. The normalized spacial score (nSPS) is 12.3. The lowest BCUT2D eigenvalue weighted by atomic mass is 10.2. The molecule has 0 aliphatic carbocycles. The Morgan fingerprint density at radius 3 is 2.45 bits per heavy atom. The van der Waals surface area contributed by atoms with E-state index in [4.69, 9.17) is 0 Å². The van der Waals surface area contributed by atoms with Crippen molar-refractivity contribution in [2.75, 3.05) is 5.32 Å². The van der Waals surface area contributed by atoms with E-state index in [-0.39, 0.29) is 6.04 Å². The van der Waals surface area contributed by atoms with Crippen molar-refractivity contribution in [1.82, 2.24) is 19.6 Å². The summed E-state index contributed by atoms with van der Waals surface area (Å²) >= 11 is 0. The molecule has 2 heterocycles. The summed E-state index contributed by atoms with van der Waals surface area (Å²) in [6.45, 7) is 2.12. The molecule has 1 atom stereocenters. The predicted octanol–water partition coefficient (Wildman–Crippen LogP) is 2.78. The zero-order chi connectivity index (χ0) is 13.9. The molecule has 1 unspecified atom stereocenters. The maximum Gasteiger partial charge on any atom is 0.0653 e. The van der Waals surface area contributed by atoms with Gasteiger partial charge in [0, 0.05) is 31.3 Å². The Labute approximate surface area is 117 Å². The molecular weight excluding hydrogens is 250 g/mol. The number of nitrogens with zero attached hydrogens (tertiary/aromatic N) is 4. The molecule has 5 nitrogen and oxygen atoms in total. The Kier molecular flexibility index (Phi) is 3.25. The molecule has 3 rings (SSSR count). The minimum atomic E-state index is 0.207. The van der Waals surface area contributed by atoms with E-state index in [1.807, 2.05) is 53.1 Å². The Morgan fingerprint density at radius 1 is 1.05 bits per heavy atom. The third kappa shape index (κ3) is 2.42. The molecule has 0 radical (unpaired) electrons. The molecule has 2 aromatic heterocycles. The van der Waals surface area contributed by atoms with Crippen molar-refractivity contribution >= 4 is 5.69 Å². The Balaban J connectivity index is 1.74. The SMILES string of the molecule is CC(Nc1ccc(-n2cccn2)cc1)c1ccnn1C. The number of aromatic nitrogens is 4. The second-order valence-corrected chi connectivity index (χ2v) is 4.74. The maximum absolute atomic E-state index is 4.21. The van der Waals surface area contributed by atoms with Gasteiger partial charge in [-0.25, -0.2) is 4.68 Å². The van der Waals surface area contributed by atoms with Crippen LogP contribution in [0, 0.1) is 0 Å². The van der Waals surface area contributed by atoms with E-state index in [1.165, 1.54) is 0 Å². The van der Waals surface area contributed by atoms with Crippen LogP contribution in [0.2, 0.25) is 0 Å². The number of nitrogens with one attached hydrogen (secondary N) is 1. The van der Waals surface area contributed by atoms with Gasteiger partial charge in [-0.1, -0.05) is 0 Å². The highest BCUT2D eigenvalue weighted by Gasteiger charge is 2.08. The van der Waals surface area contributed by atoms with Gasteiger partial charge in [-0.2, -0.15) is 10.2 Å². The van der Waals surface area contributed by atoms with Gasteiger partial charge < -0.3 is 5.32 Å². The number of aryl methyl sites for hydroxylation is 1. The number of hydrogen-bond acceptors (Lipinski definition) is 3. The zero-order valence-electron chi connectivity index (χ0n) is 11.6. The van der Waals surface area contributed by atoms with E-state index in [0.717, 1.165) is 17.1 Å². The predicted molar refractivity (Wildman–Crippen MR) is 78.8 cm³/mol. The smallest absolute Gasteiger partial charge is 0.0653 e. The minimum Gasteiger partial charge on any atom is -0.377 e. The first-order valence-corrected chi connectivity index (χ1v) is 6.58. The van der Waals surface area contributed by atoms with E-state index in [1.54, 1.807) is 6.20 Å². The summed E-state index contributed by atoms with van der Waals surface area (Å²) in [7, 11) is 1.95. The second kappa shape index (κ2) is 5.21. The lowest BCUT2D eigenvalue weighted by Crippen LogP contribution is -2.11. The number of benzene rings is 1. The molecule has 0 saturated heterocycles. The van der Waals surface area contributed by atoms with Gasteiger partial charge in [-0.05, 0) is 43.3 Å². The van der Waals surface area contributed by atoms with Gasteiger partial charge >= 0.3 is 0 Å². The largest absolute Gasteiger partial charge is 0.377 e. The molecule has 1 N–H and O–H groups in total. The quantitative estimate of drug-likeness (QED) is 0.790. The zero-order valence-corrected chi connectivity index (χ0v) is 11.6. The molecule has 3 aromatic rings. The van der Waals surface area contributed by atoms with Crippen molar-refractivity contribution in [1.29, 1.82) is 0 Å². The van der Waals surface area contributed by atoms with Crippen LogP contribution < -0.4 is 5.32 Å². The van der Waals surface area contributed by atoms with Gasteiger partial charge in [0.05, 0.1) is 17.4 Å². The van der Waals surface area contributed by atoms with Crippen LogP contribution in [0.3, 0.4) is 0 Å². The average Bonchev–Trinajstić information content (AvgIpc) is 3.10. The lowest BCUT2D eigenvalue weighted by molar-refractivity contribution is 0.676. The summed E-state index contributed by atoms with van der Waals surface area (Å²) in [5.41, 5.74) is 3.28. The third-order valence-electron chi connectivity index (χ3n) is 3.32. The molecule has 20 heavy (non-hydrogen) atoms. The van der Waals surface area contributed by atoms with E-state index in [0.29, 0.717) is 0 Å². The highest BCUT2D eigenvalue weighted by atomic mass is 15.3. The average molecular weight is 267 g/mol. The fraction of sp³-hybridized carbons (Fsp3) is 0.200. The van der Waals surface area contributed by atoms with Crippen LogP contribution in [0.4, 0.5) is 5.69 Å². The first-order valence-electron chi connectivity index (χ1n) is 6.58. The van der Waals surface area contributed by atoms with Crippen LogP contribution in [0.25, 0.3) is 5.69 Å². The molecule has 0 amide bonds. The fourth-order valence-electron chi connectivity index (χ4n) is 2.26. The van der Waals surface area contributed by atoms with Crippen molar-refractivity contribution in [2.45, 2.75) is 13.0 Å². The van der Waals surface area contributed by atoms with Crippen molar-refractivity contribution in [3.63, 3.8) is 0 Å². The van der Waals surface area contributed by atoms with E-state index in [2.05, 4.69) is 34.6 Å². The molecule has 0 bridgehead atoms. The topological polar surface area (TPSA) is 47.7 Å². The van der Waals surface area contributed by atoms with Crippen LogP contribution in [0.5, 0.6) is 0 Å². The highest BCUT2D eigenvalue weighted by Crippen LogP contribution is 2.19. The Morgan fingerprint density at radius 2 is 1.85 bits per heavy atom. The number of anilines is 1. The summed E-state index contributed by atoms with van der Waals surface area (Å²) < 4.78 is 3.73. The van der Waals surface area contributed by atoms with E-state index < -0.39 is 0 Å². The maximum atomic E-state index is 4.21. The van der Waals surface area contributed by atoms with Crippen molar-refractivity contribution in [2.24, 2.45) is 7.05 Å². The van der Waals surface area contributed by atoms with Gasteiger partial charge in [0.1, 0.15) is 0 Å². The number of rotatable bonds is 4. The number of hydrogen-bond donors (Lipinski definition) is 1. The van der Waals surface area contributed by atoms with Gasteiger partial charge in [-0.15, -0.1) is 0 Å². The molecule has 5 heteroatoms. The fourth-order valence-corrected chi connectivity index (χ4v) is 2.26. The van der Waals surface area contributed by atoms with Crippen LogP contribution in [-0.4, -0.2) is 19.6 Å². The van der Waals surface area contributed by atoms with Gasteiger partial charge in [0.15, 0.2) is 0 Å². The first-order chi connectivity index (χ1) is 9.74. The summed E-state index contributed by atoms with van der Waals surface area (Å²) in [5.74, 6) is 0. The van der Waals surface area contributed by atoms with Crippen LogP contribution in [0.1, 0.15) is 18.7 Å². The monoisotopic (exact) mass is 267 g/mol. The van der Waals surface area contributed by atoms with Crippen molar-refractivity contribution in [3.8, 4) is 5.69 Å². The minimum absolute atomic E-state index is 0.207. The molecule has 0 aliphatic heterocycles. The molecule has 0 fully saturated rings. The van der Waals surface area contributed by atoms with Crippen LogP contribution >= 0.6 is 0 Å². The van der Waals surface area contributed by atoms with Crippen LogP contribution in [-0.2, 0) is 7.05 Å². The summed E-state index contributed by atoms with van der Waals surface area (Å²) in [6.07, 6.45) is 5.52. The van der Waals surface area contributed by atoms with Crippen molar-refractivity contribution in [3.05, 3.63) is 60.7 Å². The van der Waals surface area contributed by atoms with E-state index in [9.17, 15) is 0 Å². The Bertz CT molecular complexity index is 667. The molecule has 1 aromatic carbocycles. The molecule has 0 aliphatic rings. The first kappa shape index (κ1) is 12.5. The van der Waals surface area contributed by atoms with Crippen molar-refractivity contribution < 1.29 is 0 Å². The van der Waals surface area contributed by atoms with Crippen LogP contribution in [0.15, 0.2) is 55.0 Å². The molecule has 0 saturated carbocycles.